The highest BCUT2D eigenvalue weighted by molar-refractivity contribution is 7.23. The molecule has 0 aliphatic carbocycles. The van der Waals surface area contributed by atoms with Crippen LogP contribution in [0.1, 0.15) is 29.5 Å². The number of fused-ring (bicyclic) bond motifs is 4. The van der Waals surface area contributed by atoms with Gasteiger partial charge in [-0.3, -0.25) is 9.88 Å². The molecule has 3 aromatic heterocycles. The maximum Gasteiger partial charge on any atom is 0.226 e. The van der Waals surface area contributed by atoms with E-state index in [1.165, 1.54) is 0 Å². The molecular weight excluding hydrogens is 534 g/mol. The van der Waals surface area contributed by atoms with Crippen LogP contribution in [0.25, 0.3) is 32.2 Å². The number of nitrogens with zero attached hydrogens (tertiary/aromatic N) is 7. The SMILES string of the molecule is CN1CCCN([C@H]2CCN(c3ncc4c5c(c(-c6ncc(F)c7sc(N)c(C#N)c67)c(F)c4n3)COC5)C2)CC1. The van der Waals surface area contributed by atoms with Crippen molar-refractivity contribution in [3.63, 3.8) is 0 Å². The first kappa shape index (κ1) is 25.5. The maximum absolute atomic E-state index is 16.6. The van der Waals surface area contributed by atoms with Crippen LogP contribution in [0.3, 0.4) is 0 Å². The monoisotopic (exact) mass is 562 g/mol. The van der Waals surface area contributed by atoms with Crippen LogP contribution < -0.4 is 10.6 Å². The molecule has 12 heteroatoms. The number of nitrogens with two attached hydrogens (primary N) is 1. The van der Waals surface area contributed by atoms with Crippen molar-refractivity contribution >= 4 is 43.3 Å². The first-order valence-corrected chi connectivity index (χ1v) is 14.3. The zero-order valence-corrected chi connectivity index (χ0v) is 22.9. The third kappa shape index (κ3) is 3.99. The number of thiophene rings is 1. The van der Waals surface area contributed by atoms with Crippen molar-refractivity contribution < 1.29 is 13.5 Å². The van der Waals surface area contributed by atoms with Crippen molar-refractivity contribution in [2.45, 2.75) is 32.1 Å². The average Bonchev–Trinajstić information content (AvgIpc) is 3.67. The summed E-state index contributed by atoms with van der Waals surface area (Å²) in [6.07, 6.45) is 4.89. The smallest absolute Gasteiger partial charge is 0.226 e. The maximum atomic E-state index is 16.6. The minimum atomic E-state index is -0.602. The quantitative estimate of drug-likeness (QED) is 0.398. The Balaban J connectivity index is 1.32. The van der Waals surface area contributed by atoms with Gasteiger partial charge in [-0.25, -0.2) is 18.7 Å². The van der Waals surface area contributed by atoms with Crippen LogP contribution in [-0.4, -0.2) is 77.1 Å². The lowest BCUT2D eigenvalue weighted by molar-refractivity contribution is 0.135. The number of halogens is 2. The molecule has 1 atom stereocenters. The predicted octanol–water partition coefficient (Wildman–Crippen LogP) is 3.88. The number of hydrogen-bond acceptors (Lipinski definition) is 10. The Morgan fingerprint density at radius 3 is 2.80 bits per heavy atom. The Hall–Kier alpha value is -3.50. The standard InChI is InChI=1S/C28H28F2N8OS/c1-36-4-2-5-37(8-7-36)15-3-6-38(12-15)28-34-10-17-18-13-39-14-19(18)21(23(30)24(17)35-28)25-22-16(9-31)27(32)40-26(22)20(29)11-33-25/h10-11,15H,2-8,12-14,32H2,1H3/t15-/m0/s1. The van der Waals surface area contributed by atoms with E-state index >= 15 is 4.39 Å². The summed E-state index contributed by atoms with van der Waals surface area (Å²) in [4.78, 5) is 20.7. The van der Waals surface area contributed by atoms with Gasteiger partial charge in [0.25, 0.3) is 0 Å². The van der Waals surface area contributed by atoms with E-state index < -0.39 is 11.6 Å². The van der Waals surface area contributed by atoms with Crippen LogP contribution in [0.15, 0.2) is 12.4 Å². The molecular formula is C28H28F2N8OS. The number of aromatic nitrogens is 3. The lowest BCUT2D eigenvalue weighted by atomic mass is 9.94. The fourth-order valence-corrected chi connectivity index (χ4v) is 7.27. The van der Waals surface area contributed by atoms with E-state index in [0.29, 0.717) is 22.9 Å². The molecule has 4 aromatic rings. The van der Waals surface area contributed by atoms with Gasteiger partial charge < -0.3 is 20.3 Å². The Kier molecular flexibility index (Phi) is 6.27. The molecule has 3 aliphatic rings. The van der Waals surface area contributed by atoms with E-state index in [9.17, 15) is 9.65 Å². The lowest BCUT2D eigenvalue weighted by Crippen LogP contribution is -2.40. The summed E-state index contributed by atoms with van der Waals surface area (Å²) in [5.74, 6) is -0.695. The molecule has 2 fully saturated rings. The highest BCUT2D eigenvalue weighted by atomic mass is 32.1. The van der Waals surface area contributed by atoms with E-state index in [0.717, 1.165) is 75.2 Å². The minimum Gasteiger partial charge on any atom is -0.389 e. The number of pyridine rings is 1. The van der Waals surface area contributed by atoms with Crippen LogP contribution in [0, 0.1) is 23.0 Å². The molecule has 0 unspecified atom stereocenters. The second-order valence-corrected chi connectivity index (χ2v) is 11.8. The summed E-state index contributed by atoms with van der Waals surface area (Å²) in [7, 11) is 2.17. The fraction of sp³-hybridized carbons (Fsp3) is 0.429. The molecule has 0 radical (unpaired) electrons. The normalized spacial score (nSPS) is 20.4. The molecule has 6 heterocycles. The van der Waals surface area contributed by atoms with Gasteiger partial charge in [-0.15, -0.1) is 11.3 Å². The first-order valence-electron chi connectivity index (χ1n) is 13.5. The van der Waals surface area contributed by atoms with E-state index in [1.54, 1.807) is 6.20 Å². The van der Waals surface area contributed by atoms with Gasteiger partial charge in [-0.2, -0.15) is 5.26 Å². The Morgan fingerprint density at radius 1 is 1.10 bits per heavy atom. The number of nitrogen functional groups attached to an aromatic ring is 1. The molecule has 3 aliphatic heterocycles. The van der Waals surface area contributed by atoms with Gasteiger partial charge >= 0.3 is 0 Å². The van der Waals surface area contributed by atoms with Crippen LogP contribution in [0.5, 0.6) is 0 Å². The van der Waals surface area contributed by atoms with Gasteiger partial charge in [0.2, 0.25) is 5.95 Å². The largest absolute Gasteiger partial charge is 0.389 e. The van der Waals surface area contributed by atoms with Crippen LogP contribution in [0.2, 0.25) is 0 Å². The van der Waals surface area contributed by atoms with E-state index in [1.807, 2.05) is 6.07 Å². The number of ether oxygens (including phenoxy) is 1. The van der Waals surface area contributed by atoms with Gasteiger partial charge in [0.1, 0.15) is 16.6 Å². The Bertz CT molecular complexity index is 1700. The van der Waals surface area contributed by atoms with Crippen LogP contribution in [0.4, 0.5) is 19.7 Å². The average molecular weight is 563 g/mol. The van der Waals surface area contributed by atoms with Gasteiger partial charge in [0.05, 0.1) is 35.4 Å². The number of rotatable bonds is 3. The Morgan fingerprint density at radius 2 is 1.95 bits per heavy atom. The minimum absolute atomic E-state index is 0.0975. The van der Waals surface area contributed by atoms with Gasteiger partial charge in [0.15, 0.2) is 11.6 Å². The van der Waals surface area contributed by atoms with Gasteiger partial charge in [-0.05, 0) is 44.1 Å². The molecule has 2 N–H and O–H groups in total. The summed E-state index contributed by atoms with van der Waals surface area (Å²) in [5, 5.41) is 10.8. The number of hydrogen-bond donors (Lipinski definition) is 1. The van der Waals surface area contributed by atoms with Crippen molar-refractivity contribution in [3.8, 4) is 17.3 Å². The van der Waals surface area contributed by atoms with E-state index in [-0.39, 0.29) is 50.6 Å². The number of likely N-dealkylation sites (N-methyl/N-ethyl adjacent to an activating group) is 1. The van der Waals surface area contributed by atoms with E-state index in [4.69, 9.17) is 15.5 Å². The molecule has 0 spiro atoms. The third-order valence-corrected chi connectivity index (χ3v) is 9.48. The first-order chi connectivity index (χ1) is 19.4. The predicted molar refractivity (Wildman–Crippen MR) is 150 cm³/mol. The Labute approximate surface area is 233 Å². The van der Waals surface area contributed by atoms with Crippen molar-refractivity contribution in [2.75, 3.05) is 56.9 Å². The van der Waals surface area contributed by atoms with Crippen LogP contribution in [-0.2, 0) is 18.0 Å². The zero-order valence-electron chi connectivity index (χ0n) is 22.1. The second kappa shape index (κ2) is 9.85. The molecule has 40 heavy (non-hydrogen) atoms. The molecule has 9 nitrogen and oxygen atoms in total. The molecule has 0 bridgehead atoms. The van der Waals surface area contributed by atoms with Crippen molar-refractivity contribution in [3.05, 3.63) is 40.7 Å². The van der Waals surface area contributed by atoms with Gasteiger partial charge in [-0.1, -0.05) is 0 Å². The molecule has 1 aromatic carbocycles. The summed E-state index contributed by atoms with van der Waals surface area (Å²) in [6, 6.07) is 2.46. The lowest BCUT2D eigenvalue weighted by Gasteiger charge is -2.27. The molecule has 206 valence electrons. The van der Waals surface area contributed by atoms with Crippen LogP contribution >= 0.6 is 11.3 Å². The highest BCUT2D eigenvalue weighted by Gasteiger charge is 2.33. The summed E-state index contributed by atoms with van der Waals surface area (Å²) >= 11 is 0.962. The second-order valence-electron chi connectivity index (χ2n) is 10.8. The summed E-state index contributed by atoms with van der Waals surface area (Å²) in [5.41, 5.74) is 8.06. The number of anilines is 2. The molecule has 0 saturated carbocycles. The van der Waals surface area contributed by atoms with Crippen molar-refractivity contribution in [1.82, 2.24) is 24.8 Å². The highest BCUT2D eigenvalue weighted by Crippen LogP contribution is 2.45. The number of nitriles is 1. The zero-order chi connectivity index (χ0) is 27.5. The molecule has 0 amide bonds. The fourth-order valence-electron chi connectivity index (χ4n) is 6.34. The topological polar surface area (TPSA) is 107 Å². The van der Waals surface area contributed by atoms with E-state index in [2.05, 4.69) is 31.7 Å². The summed E-state index contributed by atoms with van der Waals surface area (Å²) in [6.45, 7) is 6.30. The van der Waals surface area contributed by atoms with Gasteiger partial charge in [0, 0.05) is 54.8 Å². The summed E-state index contributed by atoms with van der Waals surface area (Å²) < 4.78 is 37.2. The van der Waals surface area contributed by atoms with Crippen molar-refractivity contribution in [1.29, 1.82) is 5.26 Å². The van der Waals surface area contributed by atoms with Crippen molar-refractivity contribution in [2.24, 2.45) is 0 Å². The molecule has 2 saturated heterocycles. The number of benzene rings is 1. The molecule has 7 rings (SSSR count). The third-order valence-electron chi connectivity index (χ3n) is 8.45.